The first-order chi connectivity index (χ1) is 16.0. The number of unbranched alkanes of at least 4 members (excludes halogenated alkanes) is 1. The van der Waals surface area contributed by atoms with Gasteiger partial charge in [0.05, 0.1) is 29.3 Å². The monoisotopic (exact) mass is 460 g/mol. The van der Waals surface area contributed by atoms with Gasteiger partial charge in [-0.05, 0) is 50.1 Å². The molecule has 0 saturated heterocycles. The number of para-hydroxylation sites is 1. The molecule has 0 N–H and O–H groups in total. The van der Waals surface area contributed by atoms with Crippen molar-refractivity contribution in [1.29, 1.82) is 0 Å². The van der Waals surface area contributed by atoms with Crippen LogP contribution in [0.2, 0.25) is 0 Å². The molecular formula is C26H24N2O4S. The number of benzene rings is 2. The van der Waals surface area contributed by atoms with E-state index in [0.29, 0.717) is 28.3 Å². The van der Waals surface area contributed by atoms with E-state index in [1.54, 1.807) is 29.2 Å². The highest BCUT2D eigenvalue weighted by Crippen LogP contribution is 2.43. The highest BCUT2D eigenvalue weighted by atomic mass is 32.1. The largest absolute Gasteiger partial charge is 0.494 e. The second-order valence-corrected chi connectivity index (χ2v) is 9.34. The molecule has 2 aromatic heterocycles. The minimum atomic E-state index is -0.622. The highest BCUT2D eigenvalue weighted by Gasteiger charge is 2.45. The normalized spacial score (nSPS) is 15.3. The topological polar surface area (TPSA) is 72.6 Å². The lowest BCUT2D eigenvalue weighted by molar-refractivity contribution is 0.0971. The Morgan fingerprint density at radius 1 is 1.09 bits per heavy atom. The third-order valence-corrected chi connectivity index (χ3v) is 7.04. The number of aromatic nitrogens is 1. The molecule has 1 amide bonds. The van der Waals surface area contributed by atoms with Gasteiger partial charge < -0.3 is 9.15 Å². The van der Waals surface area contributed by atoms with Gasteiger partial charge in [-0.25, -0.2) is 4.98 Å². The minimum Gasteiger partial charge on any atom is -0.494 e. The van der Waals surface area contributed by atoms with Crippen LogP contribution in [0, 0.1) is 13.8 Å². The van der Waals surface area contributed by atoms with E-state index in [1.807, 2.05) is 38.1 Å². The molecule has 0 radical (unpaired) electrons. The summed E-state index contributed by atoms with van der Waals surface area (Å²) >= 11 is 1.44. The molecule has 3 heterocycles. The van der Waals surface area contributed by atoms with E-state index in [0.717, 1.165) is 34.7 Å². The van der Waals surface area contributed by atoms with Gasteiger partial charge in [-0.2, -0.15) is 0 Å². The summed E-state index contributed by atoms with van der Waals surface area (Å²) in [6.07, 6.45) is 2.04. The number of amides is 1. The van der Waals surface area contributed by atoms with Crippen molar-refractivity contribution in [2.24, 2.45) is 0 Å². The number of rotatable bonds is 6. The van der Waals surface area contributed by atoms with Crippen molar-refractivity contribution in [1.82, 2.24) is 4.98 Å². The van der Waals surface area contributed by atoms with Gasteiger partial charge in [-0.1, -0.05) is 37.6 Å². The number of carbonyl (C=O) groups is 1. The molecule has 1 aliphatic heterocycles. The molecule has 5 rings (SSSR count). The predicted molar refractivity (Wildman–Crippen MR) is 130 cm³/mol. The highest BCUT2D eigenvalue weighted by molar-refractivity contribution is 7.15. The maximum Gasteiger partial charge on any atom is 0.297 e. The van der Waals surface area contributed by atoms with Crippen LogP contribution >= 0.6 is 11.3 Å². The Kier molecular flexibility index (Phi) is 5.50. The maximum absolute atomic E-state index is 13.6. The summed E-state index contributed by atoms with van der Waals surface area (Å²) in [5, 5.41) is 1.01. The van der Waals surface area contributed by atoms with E-state index in [1.165, 1.54) is 11.3 Å². The van der Waals surface area contributed by atoms with Gasteiger partial charge in [0.25, 0.3) is 5.91 Å². The van der Waals surface area contributed by atoms with Crippen LogP contribution in [0.15, 0.2) is 57.7 Å². The van der Waals surface area contributed by atoms with Gasteiger partial charge in [-0.15, -0.1) is 11.3 Å². The molecular weight excluding hydrogens is 436 g/mol. The average Bonchev–Trinajstić information content (AvgIpc) is 3.30. The van der Waals surface area contributed by atoms with Crippen LogP contribution in [-0.4, -0.2) is 17.5 Å². The van der Waals surface area contributed by atoms with Crippen LogP contribution in [0.3, 0.4) is 0 Å². The van der Waals surface area contributed by atoms with Crippen LogP contribution < -0.4 is 15.1 Å². The van der Waals surface area contributed by atoms with E-state index in [4.69, 9.17) is 9.15 Å². The zero-order chi connectivity index (χ0) is 23.1. The SMILES string of the molecule is CCCCOc1ccc([C@H]2c3c(oc4ccccc4c3=O)C(=O)N2c2nc(C)c(C)s2)cc1. The van der Waals surface area contributed by atoms with Crippen molar-refractivity contribution in [3.05, 3.63) is 86.2 Å². The number of fused-ring (bicyclic) bond motifs is 2. The Labute approximate surface area is 195 Å². The van der Waals surface area contributed by atoms with Gasteiger partial charge in [-0.3, -0.25) is 14.5 Å². The fraction of sp³-hybridized carbons (Fsp3) is 0.269. The van der Waals surface area contributed by atoms with E-state index in [-0.39, 0.29) is 17.1 Å². The quantitative estimate of drug-likeness (QED) is 0.340. The summed E-state index contributed by atoms with van der Waals surface area (Å²) in [7, 11) is 0. The summed E-state index contributed by atoms with van der Waals surface area (Å²) in [5.74, 6) is 0.488. The van der Waals surface area contributed by atoms with Gasteiger partial charge in [0, 0.05) is 4.88 Å². The van der Waals surface area contributed by atoms with Crippen molar-refractivity contribution in [2.75, 3.05) is 11.5 Å². The lowest BCUT2D eigenvalue weighted by Gasteiger charge is -2.22. The van der Waals surface area contributed by atoms with Crippen molar-refractivity contribution in [2.45, 2.75) is 39.7 Å². The summed E-state index contributed by atoms with van der Waals surface area (Å²) in [6, 6.07) is 14.0. The summed E-state index contributed by atoms with van der Waals surface area (Å²) in [4.78, 5) is 34.4. The molecule has 0 saturated carbocycles. The van der Waals surface area contributed by atoms with E-state index < -0.39 is 6.04 Å². The molecule has 33 heavy (non-hydrogen) atoms. The molecule has 168 valence electrons. The molecule has 7 heteroatoms. The number of anilines is 1. The second kappa shape index (κ2) is 8.48. The molecule has 0 unspecified atom stereocenters. The van der Waals surface area contributed by atoms with E-state index >= 15 is 0 Å². The van der Waals surface area contributed by atoms with Crippen LogP contribution in [0.4, 0.5) is 5.13 Å². The summed E-state index contributed by atoms with van der Waals surface area (Å²) in [5.41, 5.74) is 2.23. The Bertz CT molecular complexity index is 1380. The lowest BCUT2D eigenvalue weighted by Crippen LogP contribution is -2.29. The van der Waals surface area contributed by atoms with Crippen LogP contribution in [0.1, 0.15) is 58.1 Å². The number of ether oxygens (including phenoxy) is 1. The van der Waals surface area contributed by atoms with Gasteiger partial charge in [0.15, 0.2) is 10.6 Å². The summed E-state index contributed by atoms with van der Waals surface area (Å²) in [6.45, 7) is 6.66. The Balaban J connectivity index is 1.66. The van der Waals surface area contributed by atoms with E-state index in [2.05, 4.69) is 11.9 Å². The molecule has 1 atom stereocenters. The number of aryl methyl sites for hydroxylation is 2. The molecule has 0 fully saturated rings. The molecule has 0 spiro atoms. The first-order valence-electron chi connectivity index (χ1n) is 11.1. The summed E-state index contributed by atoms with van der Waals surface area (Å²) < 4.78 is 11.8. The first kappa shape index (κ1) is 21.4. The number of nitrogens with zero attached hydrogens (tertiary/aromatic N) is 2. The molecule has 4 aromatic rings. The lowest BCUT2D eigenvalue weighted by atomic mass is 9.98. The van der Waals surface area contributed by atoms with Crippen LogP contribution in [0.25, 0.3) is 11.0 Å². The van der Waals surface area contributed by atoms with E-state index in [9.17, 15) is 9.59 Å². The number of thiazole rings is 1. The standard InChI is InChI=1S/C26H24N2O4S/c1-4-5-14-31-18-12-10-17(11-13-18)22-21-23(29)19-8-6-7-9-20(19)32-24(21)25(30)28(22)26-27-15(2)16(3)33-26/h6-13,22H,4-5,14H2,1-3H3/t22-/m0/s1. The zero-order valence-electron chi connectivity index (χ0n) is 18.8. The molecule has 0 aliphatic carbocycles. The molecule has 1 aliphatic rings. The van der Waals surface area contributed by atoms with Crippen molar-refractivity contribution in [3.8, 4) is 5.75 Å². The molecule has 6 nitrogen and oxygen atoms in total. The Morgan fingerprint density at radius 3 is 2.55 bits per heavy atom. The van der Waals surface area contributed by atoms with Crippen molar-refractivity contribution >= 4 is 33.3 Å². The van der Waals surface area contributed by atoms with Gasteiger partial charge in [0.2, 0.25) is 5.76 Å². The minimum absolute atomic E-state index is 0.0810. The fourth-order valence-corrected chi connectivity index (χ4v) is 5.01. The third-order valence-electron chi connectivity index (χ3n) is 5.96. The Morgan fingerprint density at radius 2 is 1.85 bits per heavy atom. The fourth-order valence-electron chi connectivity index (χ4n) is 4.07. The second-order valence-electron chi connectivity index (χ2n) is 8.16. The smallest absolute Gasteiger partial charge is 0.297 e. The third kappa shape index (κ3) is 3.62. The molecule has 0 bridgehead atoms. The zero-order valence-corrected chi connectivity index (χ0v) is 19.6. The number of hydrogen-bond donors (Lipinski definition) is 0. The van der Waals surface area contributed by atoms with Crippen molar-refractivity contribution < 1.29 is 13.9 Å². The van der Waals surface area contributed by atoms with Gasteiger partial charge in [0.1, 0.15) is 11.3 Å². The first-order valence-corrected chi connectivity index (χ1v) is 11.9. The maximum atomic E-state index is 13.6. The van der Waals surface area contributed by atoms with Crippen molar-refractivity contribution in [3.63, 3.8) is 0 Å². The molecule has 2 aromatic carbocycles. The Hall–Kier alpha value is -3.45. The number of hydrogen-bond acceptors (Lipinski definition) is 6. The van der Waals surface area contributed by atoms with Gasteiger partial charge >= 0.3 is 0 Å². The van der Waals surface area contributed by atoms with Crippen LogP contribution in [0.5, 0.6) is 5.75 Å². The van der Waals surface area contributed by atoms with Crippen LogP contribution in [-0.2, 0) is 0 Å². The predicted octanol–water partition coefficient (Wildman–Crippen LogP) is 5.80. The number of carbonyl (C=O) groups excluding carboxylic acids is 1. The average molecular weight is 461 g/mol.